The van der Waals surface area contributed by atoms with E-state index in [-0.39, 0.29) is 18.0 Å². The van der Waals surface area contributed by atoms with Gasteiger partial charge in [0.25, 0.3) is 5.91 Å². The summed E-state index contributed by atoms with van der Waals surface area (Å²) in [7, 11) is 1.45. The van der Waals surface area contributed by atoms with Crippen LogP contribution in [0.1, 0.15) is 27.0 Å². The molecule has 0 aliphatic rings. The number of likely N-dealkylation sites (N-methyl/N-ethyl adjacent to an activating group) is 1. The number of hydrogen-bond acceptors (Lipinski definition) is 5. The maximum atomic E-state index is 12.2. The average Bonchev–Trinajstić information content (AvgIpc) is 2.68. The Hall–Kier alpha value is -3.66. The van der Waals surface area contributed by atoms with Crippen LogP contribution in [0.3, 0.4) is 0 Å². The summed E-state index contributed by atoms with van der Waals surface area (Å²) in [5.74, 6) is -1.57. The van der Waals surface area contributed by atoms with Gasteiger partial charge in [-0.2, -0.15) is 5.26 Å². The first kappa shape index (κ1) is 20.6. The maximum Gasteiger partial charge on any atom is 0.338 e. The number of anilines is 1. The van der Waals surface area contributed by atoms with Crippen LogP contribution in [0.5, 0.6) is 0 Å². The molecule has 0 aromatic heterocycles. The van der Waals surface area contributed by atoms with Crippen LogP contribution >= 0.6 is 0 Å². The number of carbonyl (C=O) groups is 3. The van der Waals surface area contributed by atoms with Crippen LogP contribution in [0.2, 0.25) is 0 Å². The summed E-state index contributed by atoms with van der Waals surface area (Å²) in [5, 5.41) is 11.6. The number of benzene rings is 2. The molecular formula is C21H21N3O4. The predicted octanol–water partition coefficient (Wildman–Crippen LogP) is 2.43. The van der Waals surface area contributed by atoms with Gasteiger partial charge in [-0.3, -0.25) is 9.59 Å². The molecule has 0 saturated heterocycles. The molecule has 2 aromatic carbocycles. The molecule has 7 heteroatoms. The summed E-state index contributed by atoms with van der Waals surface area (Å²) in [6, 6.07) is 13.6. The van der Waals surface area contributed by atoms with Crippen molar-refractivity contribution < 1.29 is 19.1 Å². The minimum atomic E-state index is -0.710. The van der Waals surface area contributed by atoms with E-state index in [0.717, 1.165) is 11.1 Å². The third-order valence-electron chi connectivity index (χ3n) is 4.03. The van der Waals surface area contributed by atoms with E-state index in [9.17, 15) is 14.4 Å². The molecule has 0 unspecified atom stereocenters. The van der Waals surface area contributed by atoms with E-state index in [1.807, 2.05) is 38.1 Å². The number of ether oxygens (including phenoxy) is 1. The summed E-state index contributed by atoms with van der Waals surface area (Å²) < 4.78 is 4.97. The fraction of sp³-hybridized carbons (Fsp3) is 0.238. The first-order valence-corrected chi connectivity index (χ1v) is 8.58. The smallest absolute Gasteiger partial charge is 0.338 e. The lowest BCUT2D eigenvalue weighted by molar-refractivity contribution is -0.136. The monoisotopic (exact) mass is 379 g/mol. The van der Waals surface area contributed by atoms with Crippen LogP contribution in [0.15, 0.2) is 42.5 Å². The second-order valence-electron chi connectivity index (χ2n) is 6.39. The van der Waals surface area contributed by atoms with Crippen molar-refractivity contribution >= 4 is 23.5 Å². The maximum absolute atomic E-state index is 12.2. The molecule has 1 N–H and O–H groups in total. The van der Waals surface area contributed by atoms with E-state index >= 15 is 0 Å². The van der Waals surface area contributed by atoms with Crippen LogP contribution < -0.4 is 5.32 Å². The van der Waals surface area contributed by atoms with E-state index in [1.54, 1.807) is 12.1 Å². The molecule has 2 aromatic rings. The third-order valence-corrected chi connectivity index (χ3v) is 4.03. The van der Waals surface area contributed by atoms with Gasteiger partial charge in [0.15, 0.2) is 6.61 Å². The Labute approximate surface area is 163 Å². The first-order valence-electron chi connectivity index (χ1n) is 8.58. The number of carbonyl (C=O) groups excluding carboxylic acids is 3. The van der Waals surface area contributed by atoms with Gasteiger partial charge in [-0.05, 0) is 49.2 Å². The highest BCUT2D eigenvalue weighted by molar-refractivity contribution is 5.96. The summed E-state index contributed by atoms with van der Waals surface area (Å²) in [6.07, 6.45) is 0. The number of nitrogens with zero attached hydrogens (tertiary/aromatic N) is 2. The molecule has 2 rings (SSSR count). The minimum Gasteiger partial charge on any atom is -0.452 e. The molecule has 0 fully saturated rings. The highest BCUT2D eigenvalue weighted by Gasteiger charge is 2.16. The Kier molecular flexibility index (Phi) is 6.88. The molecule has 0 aliphatic carbocycles. The molecule has 0 aliphatic heterocycles. The fourth-order valence-corrected chi connectivity index (χ4v) is 2.40. The van der Waals surface area contributed by atoms with E-state index in [2.05, 4.69) is 5.32 Å². The summed E-state index contributed by atoms with van der Waals surface area (Å²) in [5.41, 5.74) is 3.12. The number of nitrogens with one attached hydrogen (secondary N) is 1. The average molecular weight is 379 g/mol. The molecule has 0 saturated carbocycles. The number of rotatable bonds is 6. The Morgan fingerprint density at radius 3 is 2.61 bits per heavy atom. The first-order chi connectivity index (χ1) is 13.3. The van der Waals surface area contributed by atoms with Gasteiger partial charge in [0.2, 0.25) is 5.91 Å². The van der Waals surface area contributed by atoms with Gasteiger partial charge < -0.3 is 15.0 Å². The van der Waals surface area contributed by atoms with Gasteiger partial charge in [-0.25, -0.2) is 4.79 Å². The summed E-state index contributed by atoms with van der Waals surface area (Å²) in [6.45, 7) is 3.13. The third kappa shape index (κ3) is 5.68. The second-order valence-corrected chi connectivity index (χ2v) is 6.39. The fourth-order valence-electron chi connectivity index (χ4n) is 2.40. The Morgan fingerprint density at radius 1 is 1.14 bits per heavy atom. The van der Waals surface area contributed by atoms with E-state index in [4.69, 9.17) is 10.00 Å². The number of esters is 1. The SMILES string of the molecule is Cc1ccc(C)c(NC(=O)CN(C)C(=O)COC(=O)c2cccc(C#N)c2)c1. The zero-order valence-electron chi connectivity index (χ0n) is 16.0. The van der Waals surface area contributed by atoms with Crippen molar-refractivity contribution in [2.24, 2.45) is 0 Å². The number of aryl methyl sites for hydroxylation is 2. The molecule has 0 spiro atoms. The minimum absolute atomic E-state index is 0.173. The largest absolute Gasteiger partial charge is 0.452 e. The Bertz CT molecular complexity index is 947. The molecule has 28 heavy (non-hydrogen) atoms. The van der Waals surface area contributed by atoms with Gasteiger partial charge in [-0.1, -0.05) is 18.2 Å². The topological polar surface area (TPSA) is 99.5 Å². The van der Waals surface area contributed by atoms with Crippen LogP contribution in [-0.2, 0) is 14.3 Å². The quantitative estimate of drug-likeness (QED) is 0.777. The van der Waals surface area contributed by atoms with Crippen LogP contribution in [0, 0.1) is 25.2 Å². The molecule has 0 bridgehead atoms. The lowest BCUT2D eigenvalue weighted by Gasteiger charge is -2.17. The zero-order chi connectivity index (χ0) is 20.7. The van der Waals surface area contributed by atoms with Crippen molar-refractivity contribution in [2.45, 2.75) is 13.8 Å². The van der Waals surface area contributed by atoms with E-state index in [0.29, 0.717) is 11.3 Å². The molecule has 0 atom stereocenters. The van der Waals surface area contributed by atoms with Crippen molar-refractivity contribution in [1.29, 1.82) is 5.26 Å². The molecule has 7 nitrogen and oxygen atoms in total. The zero-order valence-corrected chi connectivity index (χ0v) is 16.0. The van der Waals surface area contributed by atoms with Crippen molar-refractivity contribution in [1.82, 2.24) is 4.90 Å². The normalized spacial score (nSPS) is 9.93. The number of hydrogen-bond donors (Lipinski definition) is 1. The number of nitriles is 1. The standard InChI is InChI=1S/C21H21N3O4/c1-14-7-8-15(2)18(9-14)23-19(25)12-24(3)20(26)13-28-21(27)17-6-4-5-16(10-17)11-22/h4-10H,12-13H2,1-3H3,(H,23,25). The van der Waals surface area contributed by atoms with Crippen LogP contribution in [0.4, 0.5) is 5.69 Å². The molecule has 144 valence electrons. The summed E-state index contributed by atoms with van der Waals surface area (Å²) in [4.78, 5) is 37.5. The molecule has 2 amide bonds. The van der Waals surface area contributed by atoms with Gasteiger partial charge in [0.1, 0.15) is 0 Å². The van der Waals surface area contributed by atoms with Gasteiger partial charge in [0.05, 0.1) is 23.7 Å². The highest BCUT2D eigenvalue weighted by atomic mass is 16.5. The lowest BCUT2D eigenvalue weighted by atomic mass is 10.1. The summed E-state index contributed by atoms with van der Waals surface area (Å²) >= 11 is 0. The van der Waals surface area contributed by atoms with Crippen molar-refractivity contribution in [2.75, 3.05) is 25.5 Å². The molecule has 0 heterocycles. The second kappa shape index (κ2) is 9.33. The molecule has 0 radical (unpaired) electrons. The molecular weight excluding hydrogens is 358 g/mol. The van der Waals surface area contributed by atoms with E-state index in [1.165, 1.54) is 24.1 Å². The van der Waals surface area contributed by atoms with Crippen LogP contribution in [-0.4, -0.2) is 42.9 Å². The number of amides is 2. The van der Waals surface area contributed by atoms with E-state index < -0.39 is 18.5 Å². The predicted molar refractivity (Wildman–Crippen MR) is 104 cm³/mol. The Morgan fingerprint density at radius 2 is 1.89 bits per heavy atom. The van der Waals surface area contributed by atoms with Crippen LogP contribution in [0.25, 0.3) is 0 Å². The highest BCUT2D eigenvalue weighted by Crippen LogP contribution is 2.16. The van der Waals surface area contributed by atoms with Crippen molar-refractivity contribution in [3.63, 3.8) is 0 Å². The lowest BCUT2D eigenvalue weighted by Crippen LogP contribution is -2.37. The van der Waals surface area contributed by atoms with Crippen molar-refractivity contribution in [3.05, 3.63) is 64.7 Å². The van der Waals surface area contributed by atoms with Crippen molar-refractivity contribution in [3.8, 4) is 6.07 Å². The Balaban J connectivity index is 1.86. The van der Waals surface area contributed by atoms with Gasteiger partial charge in [-0.15, -0.1) is 0 Å². The van der Waals surface area contributed by atoms with Gasteiger partial charge >= 0.3 is 5.97 Å². The van der Waals surface area contributed by atoms with Gasteiger partial charge in [0, 0.05) is 12.7 Å².